The molecular formula is C26H21Cl2F3N4O3. The van der Waals surface area contributed by atoms with Gasteiger partial charge in [0.2, 0.25) is 5.95 Å². The lowest BCUT2D eigenvalue weighted by Crippen LogP contribution is -2.43. The molecule has 0 bridgehead atoms. The molecule has 1 N–H and O–H groups in total. The number of nitrogens with zero attached hydrogens (tertiary/aromatic N) is 4. The summed E-state index contributed by atoms with van der Waals surface area (Å²) in [5.74, 6) is -0.668. The van der Waals surface area contributed by atoms with E-state index in [1.54, 1.807) is 23.1 Å². The third-order valence-corrected chi connectivity index (χ3v) is 8.16. The van der Waals surface area contributed by atoms with E-state index < -0.39 is 23.4 Å². The summed E-state index contributed by atoms with van der Waals surface area (Å²) in [6, 6.07) is 5.30. The van der Waals surface area contributed by atoms with E-state index >= 15 is 0 Å². The van der Waals surface area contributed by atoms with Gasteiger partial charge in [-0.3, -0.25) is 0 Å². The van der Waals surface area contributed by atoms with Crippen molar-refractivity contribution in [3.8, 4) is 11.3 Å². The largest absolute Gasteiger partial charge is 0.478 e. The molecule has 0 amide bonds. The molecule has 1 saturated carbocycles. The molecular weight excluding hydrogens is 544 g/mol. The van der Waals surface area contributed by atoms with E-state index in [1.165, 1.54) is 0 Å². The van der Waals surface area contributed by atoms with Crippen LogP contribution in [0.4, 0.5) is 19.1 Å². The van der Waals surface area contributed by atoms with Gasteiger partial charge in [-0.25, -0.2) is 14.8 Å². The Morgan fingerprint density at radius 2 is 1.79 bits per heavy atom. The van der Waals surface area contributed by atoms with Gasteiger partial charge in [-0.15, -0.1) is 0 Å². The van der Waals surface area contributed by atoms with Gasteiger partial charge in [0.25, 0.3) is 0 Å². The zero-order valence-electron chi connectivity index (χ0n) is 19.9. The number of alkyl halides is 3. The SMILES string of the molecule is O=C(O)c1cnc(N2CCC3(C=C(c4c(-c5c(Cl)cccc5Cl)noc4C4CC4)C3)CC2)nc1C(F)(F)F. The van der Waals surface area contributed by atoms with E-state index in [1.807, 2.05) is 0 Å². The topological polar surface area (TPSA) is 92.3 Å². The number of allylic oxidation sites excluding steroid dienone is 2. The molecule has 12 heteroatoms. The maximum atomic E-state index is 13.4. The molecule has 3 aromatic rings. The van der Waals surface area contributed by atoms with Crippen molar-refractivity contribution in [1.82, 2.24) is 15.1 Å². The summed E-state index contributed by atoms with van der Waals surface area (Å²) < 4.78 is 46.0. The lowest BCUT2D eigenvalue weighted by atomic mass is 9.63. The maximum Gasteiger partial charge on any atom is 0.434 e. The van der Waals surface area contributed by atoms with Crippen LogP contribution in [0.5, 0.6) is 0 Å². The summed E-state index contributed by atoms with van der Waals surface area (Å²) in [5.41, 5.74) is 0.808. The van der Waals surface area contributed by atoms with Gasteiger partial charge in [0.15, 0.2) is 5.69 Å². The first kappa shape index (κ1) is 25.2. The van der Waals surface area contributed by atoms with Crippen molar-refractivity contribution in [1.29, 1.82) is 0 Å². The van der Waals surface area contributed by atoms with Crippen LogP contribution in [0, 0.1) is 5.41 Å². The third-order valence-electron chi connectivity index (χ3n) is 7.53. The highest BCUT2D eigenvalue weighted by atomic mass is 35.5. The standard InChI is InChI=1S/C26H21Cl2F3N4O3/c27-16-2-1-3-17(28)19(16)20-18(21(38-34-20)13-4-5-13)14-10-25(11-14)6-8-35(9-7-25)24-32-12-15(23(36)37)22(33-24)26(29,30)31/h1-3,10,12-13H,4-9,11H2,(H,36,37). The molecule has 2 fully saturated rings. The number of aromatic carboxylic acids is 1. The predicted octanol–water partition coefficient (Wildman–Crippen LogP) is 7.11. The van der Waals surface area contributed by atoms with Crippen LogP contribution in [-0.2, 0) is 6.18 Å². The Labute approximate surface area is 225 Å². The number of aromatic nitrogens is 3. The molecule has 198 valence electrons. The Morgan fingerprint density at radius 3 is 2.37 bits per heavy atom. The second-order valence-corrected chi connectivity index (χ2v) is 10.9. The minimum absolute atomic E-state index is 0.112. The van der Waals surface area contributed by atoms with Crippen molar-refractivity contribution in [2.24, 2.45) is 5.41 Å². The van der Waals surface area contributed by atoms with Crippen LogP contribution >= 0.6 is 23.2 Å². The molecule has 1 aliphatic heterocycles. The summed E-state index contributed by atoms with van der Waals surface area (Å²) in [4.78, 5) is 20.4. The lowest BCUT2D eigenvalue weighted by Gasteiger charge is -2.46. The number of anilines is 1. The van der Waals surface area contributed by atoms with Crippen molar-refractivity contribution in [3.63, 3.8) is 0 Å². The molecule has 1 aromatic carbocycles. The van der Waals surface area contributed by atoms with Crippen molar-refractivity contribution in [2.75, 3.05) is 18.0 Å². The van der Waals surface area contributed by atoms with Gasteiger partial charge in [-0.05, 0) is 55.2 Å². The summed E-state index contributed by atoms with van der Waals surface area (Å²) in [5, 5.41) is 14.4. The highest BCUT2D eigenvalue weighted by Crippen LogP contribution is 2.56. The average molecular weight is 565 g/mol. The van der Waals surface area contributed by atoms with Crippen molar-refractivity contribution >= 4 is 40.7 Å². The summed E-state index contributed by atoms with van der Waals surface area (Å²) in [6.07, 6.45) is 2.26. The Hall–Kier alpha value is -3.11. The fourth-order valence-corrected chi connectivity index (χ4v) is 5.96. The molecule has 0 atom stereocenters. The van der Waals surface area contributed by atoms with Crippen LogP contribution in [0.25, 0.3) is 16.8 Å². The third kappa shape index (κ3) is 4.33. The monoisotopic (exact) mass is 564 g/mol. The summed E-state index contributed by atoms with van der Waals surface area (Å²) in [6.45, 7) is 0.881. The molecule has 2 aromatic heterocycles. The smallest absolute Gasteiger partial charge is 0.434 e. The van der Waals surface area contributed by atoms with Gasteiger partial charge < -0.3 is 14.5 Å². The Morgan fingerprint density at radius 1 is 1.13 bits per heavy atom. The Bertz CT molecular complexity index is 1450. The van der Waals surface area contributed by atoms with Crippen LogP contribution in [-0.4, -0.2) is 39.3 Å². The number of carboxylic acids is 1. The first-order valence-electron chi connectivity index (χ1n) is 12.1. The highest BCUT2D eigenvalue weighted by molar-refractivity contribution is 6.39. The van der Waals surface area contributed by atoms with Crippen LogP contribution in [0.3, 0.4) is 0 Å². The molecule has 1 spiro atoms. The van der Waals surface area contributed by atoms with E-state index in [2.05, 4.69) is 21.2 Å². The van der Waals surface area contributed by atoms with Crippen LogP contribution in [0.1, 0.15) is 65.4 Å². The first-order valence-corrected chi connectivity index (χ1v) is 12.9. The second kappa shape index (κ2) is 8.98. The molecule has 7 nitrogen and oxygen atoms in total. The second-order valence-electron chi connectivity index (χ2n) is 10.1. The number of hydrogen-bond donors (Lipinski definition) is 1. The summed E-state index contributed by atoms with van der Waals surface area (Å²) >= 11 is 13.0. The highest BCUT2D eigenvalue weighted by Gasteiger charge is 2.45. The van der Waals surface area contributed by atoms with Crippen molar-refractivity contribution in [3.05, 3.63) is 63.1 Å². The number of benzene rings is 1. The average Bonchev–Trinajstić information content (AvgIpc) is 3.61. The number of carboxylic acid groups (broad SMARTS) is 1. The first-order chi connectivity index (χ1) is 18.1. The number of halogens is 5. The molecule has 0 unspecified atom stereocenters. The fourth-order valence-electron chi connectivity index (χ4n) is 5.38. The minimum atomic E-state index is -4.89. The molecule has 3 aliphatic rings. The minimum Gasteiger partial charge on any atom is -0.478 e. The quantitative estimate of drug-likeness (QED) is 0.353. The van der Waals surface area contributed by atoms with Crippen molar-refractivity contribution < 1.29 is 27.6 Å². The van der Waals surface area contributed by atoms with Gasteiger partial charge in [-0.1, -0.05) is 40.5 Å². The zero-order chi connectivity index (χ0) is 26.8. The van der Waals surface area contributed by atoms with Crippen molar-refractivity contribution in [2.45, 2.75) is 44.2 Å². The fraction of sp³-hybridized carbons (Fsp3) is 0.385. The number of hydrogen-bond acceptors (Lipinski definition) is 6. The van der Waals surface area contributed by atoms with E-state index in [0.717, 1.165) is 42.4 Å². The van der Waals surface area contributed by atoms with Gasteiger partial charge in [-0.2, -0.15) is 13.2 Å². The number of carbonyl (C=O) groups is 1. The molecule has 0 radical (unpaired) electrons. The molecule has 3 heterocycles. The zero-order valence-corrected chi connectivity index (χ0v) is 21.4. The van der Waals surface area contributed by atoms with E-state index in [4.69, 9.17) is 32.8 Å². The predicted molar refractivity (Wildman–Crippen MR) is 134 cm³/mol. The molecule has 1 saturated heterocycles. The van der Waals surface area contributed by atoms with Gasteiger partial charge in [0.05, 0.1) is 10.0 Å². The van der Waals surface area contributed by atoms with Crippen LogP contribution in [0.2, 0.25) is 10.0 Å². The Balaban J connectivity index is 1.25. The summed E-state index contributed by atoms with van der Waals surface area (Å²) in [7, 11) is 0. The van der Waals surface area contributed by atoms with Crippen LogP contribution in [0.15, 0.2) is 35.0 Å². The maximum absolute atomic E-state index is 13.4. The molecule has 38 heavy (non-hydrogen) atoms. The molecule has 2 aliphatic carbocycles. The van der Waals surface area contributed by atoms with E-state index in [0.29, 0.717) is 53.2 Å². The molecule has 6 rings (SSSR count). The van der Waals surface area contributed by atoms with Crippen LogP contribution < -0.4 is 4.90 Å². The van der Waals surface area contributed by atoms with Gasteiger partial charge in [0.1, 0.15) is 17.0 Å². The van der Waals surface area contributed by atoms with Gasteiger partial charge >= 0.3 is 12.1 Å². The number of piperidine rings is 1. The van der Waals surface area contributed by atoms with E-state index in [9.17, 15) is 18.0 Å². The normalized spacial score (nSPS) is 18.9. The lowest BCUT2D eigenvalue weighted by molar-refractivity contribution is -0.141. The van der Waals surface area contributed by atoms with Gasteiger partial charge in [0, 0.05) is 36.3 Å². The Kier molecular flexibility index (Phi) is 5.95. The number of rotatable bonds is 5. The van der Waals surface area contributed by atoms with E-state index in [-0.39, 0.29) is 11.4 Å².